The molecule has 1 aliphatic rings. The number of fused-ring (bicyclic) bond motifs is 1. The Morgan fingerprint density at radius 1 is 1.32 bits per heavy atom. The molecule has 1 fully saturated rings. The number of H-pyrrole nitrogens is 1. The van der Waals surface area contributed by atoms with Crippen molar-refractivity contribution >= 4 is 16.8 Å². The number of benzene rings is 1. The fraction of sp³-hybridized carbons (Fsp3) is 0.526. The summed E-state index contributed by atoms with van der Waals surface area (Å²) < 4.78 is 0. The molecule has 0 bridgehead atoms. The average molecular weight is 343 g/mol. The summed E-state index contributed by atoms with van der Waals surface area (Å²) in [5.74, 6) is 1.02. The van der Waals surface area contributed by atoms with Crippen molar-refractivity contribution in [3.8, 4) is 0 Å². The number of aryl methyl sites for hydroxylation is 1. The smallest absolute Gasteiger partial charge is 0.258 e. The van der Waals surface area contributed by atoms with Gasteiger partial charge in [0.15, 0.2) is 0 Å². The van der Waals surface area contributed by atoms with E-state index in [2.05, 4.69) is 15.3 Å². The molecule has 1 heterocycles. The predicted molar refractivity (Wildman–Crippen MR) is 96.3 cm³/mol. The van der Waals surface area contributed by atoms with Crippen LogP contribution in [0, 0.1) is 5.92 Å². The summed E-state index contributed by atoms with van der Waals surface area (Å²) in [7, 11) is 0. The molecular formula is C19H25N3O3. The quantitative estimate of drug-likeness (QED) is 0.747. The molecule has 2 unspecified atom stereocenters. The van der Waals surface area contributed by atoms with E-state index >= 15 is 0 Å². The summed E-state index contributed by atoms with van der Waals surface area (Å²) >= 11 is 0. The molecule has 1 amide bonds. The van der Waals surface area contributed by atoms with Crippen LogP contribution in [0.5, 0.6) is 0 Å². The van der Waals surface area contributed by atoms with Gasteiger partial charge in [-0.05, 0) is 43.7 Å². The van der Waals surface area contributed by atoms with Crippen LogP contribution in [0.1, 0.15) is 44.3 Å². The van der Waals surface area contributed by atoms with Crippen LogP contribution >= 0.6 is 0 Å². The molecule has 2 atom stereocenters. The lowest BCUT2D eigenvalue weighted by molar-refractivity contribution is -0.121. The van der Waals surface area contributed by atoms with E-state index < -0.39 is 0 Å². The highest BCUT2D eigenvalue weighted by Gasteiger charge is 2.20. The first-order chi connectivity index (χ1) is 12.1. The van der Waals surface area contributed by atoms with Crippen molar-refractivity contribution in [1.29, 1.82) is 0 Å². The number of aliphatic hydroxyl groups is 1. The van der Waals surface area contributed by atoms with E-state index in [9.17, 15) is 14.7 Å². The van der Waals surface area contributed by atoms with Crippen LogP contribution in [0.2, 0.25) is 0 Å². The fourth-order valence-corrected chi connectivity index (χ4v) is 3.46. The molecule has 1 aromatic carbocycles. The molecule has 3 rings (SSSR count). The van der Waals surface area contributed by atoms with E-state index in [1.54, 1.807) is 6.07 Å². The summed E-state index contributed by atoms with van der Waals surface area (Å²) in [4.78, 5) is 31.2. The second-order valence-electron chi connectivity index (χ2n) is 6.87. The number of carbonyl (C=O) groups is 1. The van der Waals surface area contributed by atoms with Crippen molar-refractivity contribution in [2.24, 2.45) is 5.92 Å². The van der Waals surface area contributed by atoms with Gasteiger partial charge < -0.3 is 15.4 Å². The normalized spacial score (nSPS) is 20.5. The molecule has 2 aromatic rings. The van der Waals surface area contributed by atoms with Crippen LogP contribution in [0.4, 0.5) is 0 Å². The number of carbonyl (C=O) groups excluding carboxylic acids is 1. The van der Waals surface area contributed by atoms with Crippen LogP contribution in [0.3, 0.4) is 0 Å². The molecule has 6 heteroatoms. The highest BCUT2D eigenvalue weighted by Crippen LogP contribution is 2.23. The van der Waals surface area contributed by atoms with Crippen LogP contribution in [0.15, 0.2) is 29.1 Å². The van der Waals surface area contributed by atoms with E-state index in [0.717, 1.165) is 25.7 Å². The fourth-order valence-electron chi connectivity index (χ4n) is 3.46. The second kappa shape index (κ2) is 8.25. The van der Waals surface area contributed by atoms with Crippen LogP contribution in [0.25, 0.3) is 10.9 Å². The molecule has 0 radical (unpaired) electrons. The van der Waals surface area contributed by atoms with Gasteiger partial charge in [-0.2, -0.15) is 0 Å². The zero-order chi connectivity index (χ0) is 17.6. The van der Waals surface area contributed by atoms with Gasteiger partial charge in [0.25, 0.3) is 5.56 Å². The molecule has 0 spiro atoms. The molecule has 0 aliphatic heterocycles. The molecule has 134 valence electrons. The van der Waals surface area contributed by atoms with Gasteiger partial charge in [0.05, 0.1) is 17.0 Å². The Hall–Kier alpha value is -2.21. The van der Waals surface area contributed by atoms with Gasteiger partial charge in [-0.25, -0.2) is 4.98 Å². The molecule has 1 saturated carbocycles. The number of amides is 1. The predicted octanol–water partition coefficient (Wildman–Crippen LogP) is 1.91. The van der Waals surface area contributed by atoms with Crippen molar-refractivity contribution in [1.82, 2.24) is 15.3 Å². The number of rotatable bonds is 6. The standard InChI is InChI=1S/C19H25N3O3/c23-14-6-3-5-13(11-14)12-20-18(24)10-4-9-17-21-16-8-2-1-7-15(16)19(25)22-17/h1-2,7-8,13-14,23H,3-6,9-12H2,(H,20,24)(H,21,22,25). The molecule has 6 nitrogen and oxygen atoms in total. The topological polar surface area (TPSA) is 95.1 Å². The summed E-state index contributed by atoms with van der Waals surface area (Å²) in [5.41, 5.74) is 0.544. The van der Waals surface area contributed by atoms with Crippen LogP contribution in [-0.2, 0) is 11.2 Å². The minimum Gasteiger partial charge on any atom is -0.393 e. The zero-order valence-electron chi connectivity index (χ0n) is 14.3. The summed E-state index contributed by atoms with van der Waals surface area (Å²) in [6, 6.07) is 7.24. The van der Waals surface area contributed by atoms with E-state index in [4.69, 9.17) is 0 Å². The Morgan fingerprint density at radius 3 is 3.00 bits per heavy atom. The minimum absolute atomic E-state index is 0.0169. The molecule has 1 aliphatic carbocycles. The number of hydrogen-bond acceptors (Lipinski definition) is 4. The lowest BCUT2D eigenvalue weighted by Gasteiger charge is -2.25. The number of nitrogens with zero attached hydrogens (tertiary/aromatic N) is 1. The third kappa shape index (κ3) is 4.89. The van der Waals surface area contributed by atoms with E-state index in [1.165, 1.54) is 0 Å². The monoisotopic (exact) mass is 343 g/mol. The highest BCUT2D eigenvalue weighted by molar-refractivity contribution is 5.77. The molecule has 3 N–H and O–H groups in total. The number of aromatic amines is 1. The number of aliphatic hydroxyl groups excluding tert-OH is 1. The molecule has 1 aromatic heterocycles. The molecular weight excluding hydrogens is 318 g/mol. The SMILES string of the molecule is O=C(CCCc1nc2ccccc2c(=O)[nH]1)NCC1CCCC(O)C1. The number of nitrogens with one attached hydrogen (secondary N) is 2. The zero-order valence-corrected chi connectivity index (χ0v) is 14.3. The third-order valence-corrected chi connectivity index (χ3v) is 4.82. The van der Waals surface area contributed by atoms with Gasteiger partial charge >= 0.3 is 0 Å². The first kappa shape index (κ1) is 17.6. The summed E-state index contributed by atoms with van der Waals surface area (Å²) in [5, 5.41) is 13.2. The number of para-hydroxylation sites is 1. The maximum atomic E-state index is 12.0. The first-order valence-electron chi connectivity index (χ1n) is 9.04. The van der Waals surface area contributed by atoms with Crippen molar-refractivity contribution in [2.45, 2.75) is 51.0 Å². The van der Waals surface area contributed by atoms with Gasteiger partial charge in [0, 0.05) is 19.4 Å². The van der Waals surface area contributed by atoms with Gasteiger partial charge in [-0.1, -0.05) is 18.6 Å². The van der Waals surface area contributed by atoms with Crippen molar-refractivity contribution in [3.05, 3.63) is 40.4 Å². The largest absolute Gasteiger partial charge is 0.393 e. The molecule has 25 heavy (non-hydrogen) atoms. The highest BCUT2D eigenvalue weighted by atomic mass is 16.3. The van der Waals surface area contributed by atoms with E-state index in [-0.39, 0.29) is 17.6 Å². The van der Waals surface area contributed by atoms with Crippen molar-refractivity contribution in [3.63, 3.8) is 0 Å². The Kier molecular flexibility index (Phi) is 5.81. The van der Waals surface area contributed by atoms with Crippen LogP contribution in [-0.4, -0.2) is 33.6 Å². The third-order valence-electron chi connectivity index (χ3n) is 4.82. The Morgan fingerprint density at radius 2 is 2.16 bits per heavy atom. The minimum atomic E-state index is -0.216. The van der Waals surface area contributed by atoms with Gasteiger partial charge in [-0.15, -0.1) is 0 Å². The van der Waals surface area contributed by atoms with Gasteiger partial charge in [0.2, 0.25) is 5.91 Å². The average Bonchev–Trinajstić information content (AvgIpc) is 2.60. The lowest BCUT2D eigenvalue weighted by atomic mass is 9.87. The van der Waals surface area contributed by atoms with Crippen molar-refractivity contribution < 1.29 is 9.90 Å². The van der Waals surface area contributed by atoms with Gasteiger partial charge in [0.1, 0.15) is 5.82 Å². The molecule has 0 saturated heterocycles. The Labute approximate surface area is 146 Å². The van der Waals surface area contributed by atoms with E-state index in [0.29, 0.717) is 48.5 Å². The Balaban J connectivity index is 1.44. The van der Waals surface area contributed by atoms with E-state index in [1.807, 2.05) is 18.2 Å². The first-order valence-corrected chi connectivity index (χ1v) is 9.04. The van der Waals surface area contributed by atoms with Crippen molar-refractivity contribution in [2.75, 3.05) is 6.54 Å². The lowest BCUT2D eigenvalue weighted by Crippen LogP contribution is -2.32. The number of hydrogen-bond donors (Lipinski definition) is 3. The maximum Gasteiger partial charge on any atom is 0.258 e. The number of aromatic nitrogens is 2. The maximum absolute atomic E-state index is 12.0. The summed E-state index contributed by atoms with van der Waals surface area (Å²) in [6.45, 7) is 0.640. The van der Waals surface area contributed by atoms with Crippen LogP contribution < -0.4 is 10.9 Å². The Bertz CT molecular complexity index is 787. The summed E-state index contributed by atoms with van der Waals surface area (Å²) in [6.07, 6.45) is 5.15. The van der Waals surface area contributed by atoms with Gasteiger partial charge in [-0.3, -0.25) is 9.59 Å². The second-order valence-corrected chi connectivity index (χ2v) is 6.87.